The Morgan fingerprint density at radius 3 is 2.32 bits per heavy atom. The number of halogens is 2. The van der Waals surface area contributed by atoms with E-state index in [1.807, 2.05) is 26.0 Å². The monoisotopic (exact) mass is 425 g/mol. The molecule has 150 valence electrons. The zero-order valence-electron chi connectivity index (χ0n) is 15.3. The van der Waals surface area contributed by atoms with Crippen molar-refractivity contribution in [2.75, 3.05) is 11.9 Å². The Labute approximate surface area is 171 Å². The van der Waals surface area contributed by atoms with Gasteiger partial charge in [-0.15, -0.1) is 0 Å². The van der Waals surface area contributed by atoms with Gasteiger partial charge in [0.1, 0.15) is 18.3 Å². The molecule has 0 bridgehead atoms. The van der Waals surface area contributed by atoms with Crippen molar-refractivity contribution in [3.63, 3.8) is 0 Å². The van der Waals surface area contributed by atoms with Crippen molar-refractivity contribution in [1.82, 2.24) is 9.55 Å². The molecule has 0 spiro atoms. The number of imidazole rings is 1. The molecular weight excluding hydrogens is 405 g/mol. The minimum absolute atomic E-state index is 0.0750. The van der Waals surface area contributed by atoms with Gasteiger partial charge in [0, 0.05) is 6.04 Å². The number of benzene rings is 2. The second-order valence-electron chi connectivity index (χ2n) is 7.29. The molecule has 9 heteroatoms. The van der Waals surface area contributed by atoms with Crippen LogP contribution in [-0.4, -0.2) is 55.8 Å². The van der Waals surface area contributed by atoms with Gasteiger partial charge in [-0.1, -0.05) is 23.2 Å². The minimum Gasteiger partial charge on any atom is -0.394 e. The Hall–Kier alpha value is -1.61. The largest absolute Gasteiger partial charge is 0.394 e. The Morgan fingerprint density at radius 1 is 1.11 bits per heavy atom. The van der Waals surface area contributed by atoms with E-state index in [1.165, 1.54) is 0 Å². The summed E-state index contributed by atoms with van der Waals surface area (Å²) < 4.78 is 7.46. The number of nitrogens with one attached hydrogen (secondary N) is 1. The van der Waals surface area contributed by atoms with Crippen molar-refractivity contribution in [1.29, 1.82) is 0 Å². The first-order chi connectivity index (χ1) is 13.3. The van der Waals surface area contributed by atoms with Gasteiger partial charge in [-0.2, -0.15) is 0 Å². The molecule has 0 aliphatic carbocycles. The summed E-state index contributed by atoms with van der Waals surface area (Å²) in [7, 11) is 0. The second-order valence-corrected chi connectivity index (χ2v) is 8.10. The predicted octanol–water partition coefficient (Wildman–Crippen LogP) is 2.93. The molecule has 0 radical (unpaired) electrons. The fourth-order valence-electron chi connectivity index (χ4n) is 3.55. The second kappa shape index (κ2) is 7.33. The number of aliphatic hydroxyl groups is 3. The minimum atomic E-state index is -1.22. The van der Waals surface area contributed by atoms with Crippen LogP contribution in [0.4, 0.5) is 5.95 Å². The van der Waals surface area contributed by atoms with Crippen LogP contribution < -0.4 is 5.32 Å². The van der Waals surface area contributed by atoms with Crippen molar-refractivity contribution < 1.29 is 20.1 Å². The number of fused-ring (bicyclic) bond motifs is 2. The molecule has 28 heavy (non-hydrogen) atoms. The van der Waals surface area contributed by atoms with Crippen LogP contribution in [0.1, 0.15) is 20.1 Å². The highest BCUT2D eigenvalue weighted by Crippen LogP contribution is 2.37. The lowest BCUT2D eigenvalue weighted by Crippen LogP contribution is -2.33. The number of nitrogens with zero attached hydrogens (tertiary/aromatic N) is 2. The van der Waals surface area contributed by atoms with Crippen molar-refractivity contribution in [3.8, 4) is 0 Å². The predicted molar refractivity (Wildman–Crippen MR) is 109 cm³/mol. The molecule has 0 saturated carbocycles. The highest BCUT2D eigenvalue weighted by molar-refractivity contribution is 6.42. The van der Waals surface area contributed by atoms with E-state index in [0.29, 0.717) is 27.0 Å². The van der Waals surface area contributed by atoms with E-state index in [4.69, 9.17) is 27.9 Å². The van der Waals surface area contributed by atoms with Gasteiger partial charge in [-0.3, -0.25) is 4.57 Å². The van der Waals surface area contributed by atoms with Gasteiger partial charge in [0.05, 0.1) is 27.7 Å². The SMILES string of the molecule is CC(C)Nc1nc2cc3cc(Cl)c(Cl)cc3cc2n1C1O[C@H](CO)[C@@H](O)[C@H]1O. The number of anilines is 1. The molecule has 7 nitrogen and oxygen atoms in total. The maximum absolute atomic E-state index is 10.5. The van der Waals surface area contributed by atoms with Crippen LogP contribution in [0.25, 0.3) is 21.8 Å². The summed E-state index contributed by atoms with van der Waals surface area (Å²) in [5, 5.41) is 36.0. The Bertz CT molecular complexity index is 1040. The molecule has 1 aliphatic rings. The molecule has 2 aromatic carbocycles. The van der Waals surface area contributed by atoms with Gasteiger partial charge in [0.25, 0.3) is 0 Å². The fraction of sp³-hybridized carbons (Fsp3) is 0.421. The van der Waals surface area contributed by atoms with E-state index < -0.39 is 31.1 Å². The standard InChI is InChI=1S/C19H21Cl2N3O4/c1-8(2)22-19-23-13-5-9-3-11(20)12(21)4-10(9)6-14(13)24(19)18-17(27)16(26)15(7-25)28-18/h3-6,8,15-18,25-27H,7H2,1-2H3,(H,22,23)/t15-,16-,17-,18?/m1/s1. The van der Waals surface area contributed by atoms with Crippen molar-refractivity contribution in [2.45, 2.75) is 44.4 Å². The lowest BCUT2D eigenvalue weighted by Gasteiger charge is -2.21. The topological polar surface area (TPSA) is 99.8 Å². The van der Waals surface area contributed by atoms with Gasteiger partial charge < -0.3 is 25.4 Å². The number of hydrogen-bond donors (Lipinski definition) is 4. The van der Waals surface area contributed by atoms with Crippen LogP contribution in [0.5, 0.6) is 0 Å². The Morgan fingerprint density at radius 2 is 1.75 bits per heavy atom. The van der Waals surface area contributed by atoms with Gasteiger partial charge in [-0.25, -0.2) is 4.98 Å². The molecule has 4 N–H and O–H groups in total. The average molecular weight is 426 g/mol. The summed E-state index contributed by atoms with van der Waals surface area (Å²) in [6.45, 7) is 3.54. The number of hydrogen-bond acceptors (Lipinski definition) is 6. The quantitative estimate of drug-likeness (QED) is 0.512. The summed E-state index contributed by atoms with van der Waals surface area (Å²) in [6.07, 6.45) is -4.20. The number of rotatable bonds is 4. The smallest absolute Gasteiger partial charge is 0.206 e. The van der Waals surface area contributed by atoms with Crippen LogP contribution in [0.2, 0.25) is 10.0 Å². The van der Waals surface area contributed by atoms with E-state index in [0.717, 1.165) is 10.8 Å². The fourth-order valence-corrected chi connectivity index (χ4v) is 3.89. The molecule has 1 saturated heterocycles. The first-order valence-corrected chi connectivity index (χ1v) is 9.75. The number of aliphatic hydroxyl groups excluding tert-OH is 3. The third-order valence-corrected chi connectivity index (χ3v) is 5.60. The third-order valence-electron chi connectivity index (χ3n) is 4.88. The van der Waals surface area contributed by atoms with Crippen LogP contribution in [0.15, 0.2) is 24.3 Å². The van der Waals surface area contributed by atoms with Crippen molar-refractivity contribution >= 4 is 51.0 Å². The lowest BCUT2D eigenvalue weighted by atomic mass is 10.1. The molecule has 0 amide bonds. The van der Waals surface area contributed by atoms with Crippen LogP contribution in [0.3, 0.4) is 0 Å². The molecule has 2 heterocycles. The van der Waals surface area contributed by atoms with E-state index in [1.54, 1.807) is 16.7 Å². The zero-order chi connectivity index (χ0) is 20.2. The maximum Gasteiger partial charge on any atom is 0.206 e. The van der Waals surface area contributed by atoms with Crippen LogP contribution >= 0.6 is 23.2 Å². The first kappa shape index (κ1) is 19.7. The normalized spacial score (nSPS) is 25.3. The molecule has 4 atom stereocenters. The molecule has 4 rings (SSSR count). The van der Waals surface area contributed by atoms with Gasteiger partial charge >= 0.3 is 0 Å². The van der Waals surface area contributed by atoms with E-state index in [2.05, 4.69) is 10.3 Å². The summed E-state index contributed by atoms with van der Waals surface area (Å²) in [4.78, 5) is 4.65. The zero-order valence-corrected chi connectivity index (χ0v) is 16.8. The van der Waals surface area contributed by atoms with E-state index in [9.17, 15) is 15.3 Å². The van der Waals surface area contributed by atoms with Gasteiger partial charge in [0.15, 0.2) is 6.23 Å². The molecular formula is C19H21Cl2N3O4. The van der Waals surface area contributed by atoms with Gasteiger partial charge in [0.2, 0.25) is 5.95 Å². The molecule has 3 aromatic rings. The summed E-state index contributed by atoms with van der Waals surface area (Å²) in [5.74, 6) is 0.493. The van der Waals surface area contributed by atoms with Gasteiger partial charge in [-0.05, 0) is 48.9 Å². The number of ether oxygens (including phenoxy) is 1. The third kappa shape index (κ3) is 3.22. The van der Waals surface area contributed by atoms with E-state index in [-0.39, 0.29) is 6.04 Å². The van der Waals surface area contributed by atoms with E-state index >= 15 is 0 Å². The molecule has 1 aliphatic heterocycles. The molecule has 1 aromatic heterocycles. The molecule has 1 unspecified atom stereocenters. The van der Waals surface area contributed by atoms with Crippen molar-refractivity contribution in [2.24, 2.45) is 0 Å². The summed E-state index contributed by atoms with van der Waals surface area (Å²) in [6, 6.07) is 7.39. The molecule has 1 fully saturated rings. The Balaban J connectivity index is 1.94. The first-order valence-electron chi connectivity index (χ1n) is 9.00. The van der Waals surface area contributed by atoms with Crippen molar-refractivity contribution in [3.05, 3.63) is 34.3 Å². The average Bonchev–Trinajstić information content (AvgIpc) is 3.10. The maximum atomic E-state index is 10.5. The number of aromatic nitrogens is 2. The summed E-state index contributed by atoms with van der Waals surface area (Å²) >= 11 is 12.3. The lowest BCUT2D eigenvalue weighted by molar-refractivity contribution is -0.0499. The summed E-state index contributed by atoms with van der Waals surface area (Å²) in [5.41, 5.74) is 1.37. The van der Waals surface area contributed by atoms with Crippen LogP contribution in [0, 0.1) is 0 Å². The highest BCUT2D eigenvalue weighted by Gasteiger charge is 2.44. The Kier molecular flexibility index (Phi) is 5.16. The highest BCUT2D eigenvalue weighted by atomic mass is 35.5. The van der Waals surface area contributed by atoms with Crippen LogP contribution in [-0.2, 0) is 4.74 Å².